The van der Waals surface area contributed by atoms with E-state index in [2.05, 4.69) is 10.6 Å². The topological polar surface area (TPSA) is 78.5 Å². The van der Waals surface area contributed by atoms with Gasteiger partial charge in [-0.05, 0) is 30.7 Å². The van der Waals surface area contributed by atoms with Gasteiger partial charge in [0.1, 0.15) is 0 Å². The van der Waals surface area contributed by atoms with Crippen molar-refractivity contribution in [3.63, 3.8) is 0 Å². The molecule has 0 unspecified atom stereocenters. The summed E-state index contributed by atoms with van der Waals surface area (Å²) in [6, 6.07) is 17.4. The highest BCUT2D eigenvalue weighted by Gasteiger charge is 2.28. The standard InChI is InChI=1S/C19H23N3O3S/c1-22(16-7-3-2-4-8-16)18-10-6-5-9-17(18)20-13-19(23)21-15-11-12-26(24,25)14-15/h2-10,15,20H,11-14H2,1H3,(H,21,23)/t15-/m0/s1. The molecule has 0 saturated carbocycles. The second-order valence-electron chi connectivity index (χ2n) is 6.43. The van der Waals surface area contributed by atoms with Crippen molar-refractivity contribution in [3.05, 3.63) is 54.6 Å². The van der Waals surface area contributed by atoms with Crippen molar-refractivity contribution >= 4 is 32.8 Å². The number of para-hydroxylation sites is 3. The Morgan fingerprint density at radius 2 is 1.81 bits per heavy atom. The van der Waals surface area contributed by atoms with Gasteiger partial charge >= 0.3 is 0 Å². The Balaban J connectivity index is 1.63. The summed E-state index contributed by atoms with van der Waals surface area (Å²) >= 11 is 0. The second-order valence-corrected chi connectivity index (χ2v) is 8.66. The van der Waals surface area contributed by atoms with E-state index in [0.717, 1.165) is 17.1 Å². The molecule has 0 bridgehead atoms. The molecule has 138 valence electrons. The normalized spacial score (nSPS) is 18.3. The Bertz CT molecular complexity index is 869. The fourth-order valence-corrected chi connectivity index (χ4v) is 4.74. The zero-order chi connectivity index (χ0) is 18.6. The average Bonchev–Trinajstić information content (AvgIpc) is 2.98. The molecule has 2 aromatic rings. The molecule has 0 radical (unpaired) electrons. The molecule has 1 fully saturated rings. The molecular formula is C19H23N3O3S. The number of benzene rings is 2. The van der Waals surface area contributed by atoms with Gasteiger partial charge in [-0.15, -0.1) is 0 Å². The highest BCUT2D eigenvalue weighted by atomic mass is 32.2. The summed E-state index contributed by atoms with van der Waals surface area (Å²) in [4.78, 5) is 14.2. The Labute approximate surface area is 154 Å². The minimum absolute atomic E-state index is 0.0338. The summed E-state index contributed by atoms with van der Waals surface area (Å²) in [7, 11) is -1.03. The summed E-state index contributed by atoms with van der Waals surface area (Å²) < 4.78 is 23.0. The van der Waals surface area contributed by atoms with Gasteiger partial charge in [0.2, 0.25) is 5.91 Å². The lowest BCUT2D eigenvalue weighted by atomic mass is 10.2. The minimum atomic E-state index is -3.00. The van der Waals surface area contributed by atoms with Crippen LogP contribution in [0.15, 0.2) is 54.6 Å². The molecular weight excluding hydrogens is 350 g/mol. The first kappa shape index (κ1) is 18.3. The summed E-state index contributed by atoms with van der Waals surface area (Å²) in [5.74, 6) is -0.0217. The van der Waals surface area contributed by atoms with E-state index >= 15 is 0 Å². The quantitative estimate of drug-likeness (QED) is 0.811. The molecule has 1 heterocycles. The first-order valence-electron chi connectivity index (χ1n) is 8.56. The average molecular weight is 373 g/mol. The maximum atomic E-state index is 12.2. The number of nitrogens with one attached hydrogen (secondary N) is 2. The molecule has 3 rings (SSSR count). The van der Waals surface area contributed by atoms with Crippen molar-refractivity contribution in [2.45, 2.75) is 12.5 Å². The van der Waals surface area contributed by atoms with Crippen LogP contribution in [0.3, 0.4) is 0 Å². The molecule has 1 amide bonds. The number of nitrogens with zero attached hydrogens (tertiary/aromatic N) is 1. The van der Waals surface area contributed by atoms with E-state index in [4.69, 9.17) is 0 Å². The number of hydrogen-bond donors (Lipinski definition) is 2. The molecule has 1 atom stereocenters. The summed E-state index contributed by atoms with van der Waals surface area (Å²) in [5.41, 5.74) is 2.84. The lowest BCUT2D eigenvalue weighted by Crippen LogP contribution is -2.39. The third-order valence-corrected chi connectivity index (χ3v) is 6.21. The molecule has 26 heavy (non-hydrogen) atoms. The van der Waals surface area contributed by atoms with E-state index in [1.54, 1.807) is 0 Å². The number of carbonyl (C=O) groups is 1. The number of carbonyl (C=O) groups excluding carboxylic acids is 1. The largest absolute Gasteiger partial charge is 0.374 e. The van der Waals surface area contributed by atoms with Crippen LogP contribution < -0.4 is 15.5 Å². The van der Waals surface area contributed by atoms with Gasteiger partial charge in [0.05, 0.1) is 29.4 Å². The highest BCUT2D eigenvalue weighted by molar-refractivity contribution is 7.91. The Morgan fingerprint density at radius 3 is 2.50 bits per heavy atom. The first-order valence-corrected chi connectivity index (χ1v) is 10.4. The van der Waals surface area contributed by atoms with Crippen LogP contribution in [0.25, 0.3) is 0 Å². The van der Waals surface area contributed by atoms with Crippen LogP contribution in [0.2, 0.25) is 0 Å². The molecule has 7 heteroatoms. The number of rotatable bonds is 6. The van der Waals surface area contributed by atoms with Crippen molar-refractivity contribution in [1.82, 2.24) is 5.32 Å². The maximum Gasteiger partial charge on any atom is 0.239 e. The van der Waals surface area contributed by atoms with E-state index in [1.165, 1.54) is 0 Å². The smallest absolute Gasteiger partial charge is 0.239 e. The number of amides is 1. The zero-order valence-electron chi connectivity index (χ0n) is 14.7. The van der Waals surface area contributed by atoms with Crippen molar-refractivity contribution in [1.29, 1.82) is 0 Å². The van der Waals surface area contributed by atoms with Gasteiger partial charge in [-0.3, -0.25) is 4.79 Å². The molecule has 2 N–H and O–H groups in total. The zero-order valence-corrected chi connectivity index (χ0v) is 15.5. The summed E-state index contributed by atoms with van der Waals surface area (Å²) in [5, 5.41) is 5.95. The Hall–Kier alpha value is -2.54. The van der Waals surface area contributed by atoms with Crippen LogP contribution in [-0.4, -0.2) is 45.5 Å². The van der Waals surface area contributed by atoms with Gasteiger partial charge in [0.15, 0.2) is 9.84 Å². The van der Waals surface area contributed by atoms with Crippen LogP contribution in [0, 0.1) is 0 Å². The van der Waals surface area contributed by atoms with E-state index in [1.807, 2.05) is 66.5 Å². The van der Waals surface area contributed by atoms with Crippen LogP contribution in [0.5, 0.6) is 0 Å². The van der Waals surface area contributed by atoms with Crippen molar-refractivity contribution in [3.8, 4) is 0 Å². The number of sulfone groups is 1. The SMILES string of the molecule is CN(c1ccccc1)c1ccccc1NCC(=O)N[C@H]1CCS(=O)(=O)C1. The third-order valence-electron chi connectivity index (χ3n) is 4.45. The molecule has 0 aromatic heterocycles. The molecule has 0 spiro atoms. The van der Waals surface area contributed by atoms with Crippen molar-refractivity contribution < 1.29 is 13.2 Å². The van der Waals surface area contributed by atoms with Gasteiger partial charge in [0, 0.05) is 18.8 Å². The third kappa shape index (κ3) is 4.54. The monoisotopic (exact) mass is 373 g/mol. The molecule has 2 aromatic carbocycles. The molecule has 6 nitrogen and oxygen atoms in total. The second kappa shape index (κ2) is 7.78. The predicted octanol–water partition coefficient (Wildman–Crippen LogP) is 2.17. The molecule has 0 aliphatic carbocycles. The molecule has 1 aliphatic heterocycles. The fraction of sp³-hybridized carbons (Fsp3) is 0.316. The maximum absolute atomic E-state index is 12.2. The molecule has 1 aliphatic rings. The number of hydrogen-bond acceptors (Lipinski definition) is 5. The highest BCUT2D eigenvalue weighted by Crippen LogP contribution is 2.30. The Morgan fingerprint density at radius 1 is 1.12 bits per heavy atom. The predicted molar refractivity (Wildman–Crippen MR) is 105 cm³/mol. The van der Waals surface area contributed by atoms with Crippen molar-refractivity contribution in [2.24, 2.45) is 0 Å². The van der Waals surface area contributed by atoms with Gasteiger partial charge in [0.25, 0.3) is 0 Å². The van der Waals surface area contributed by atoms with E-state index < -0.39 is 9.84 Å². The van der Waals surface area contributed by atoms with Gasteiger partial charge in [-0.25, -0.2) is 8.42 Å². The van der Waals surface area contributed by atoms with Crippen LogP contribution in [-0.2, 0) is 14.6 Å². The minimum Gasteiger partial charge on any atom is -0.374 e. The summed E-state index contributed by atoms with van der Waals surface area (Å²) in [6.45, 7) is 0.0934. The Kier molecular flexibility index (Phi) is 5.46. The van der Waals surface area contributed by atoms with Crippen LogP contribution >= 0.6 is 0 Å². The first-order chi connectivity index (χ1) is 12.4. The van der Waals surface area contributed by atoms with E-state index in [0.29, 0.717) is 6.42 Å². The summed E-state index contributed by atoms with van der Waals surface area (Å²) in [6.07, 6.45) is 0.488. The molecule has 1 saturated heterocycles. The lowest BCUT2D eigenvalue weighted by molar-refractivity contribution is -0.119. The van der Waals surface area contributed by atoms with Gasteiger partial charge in [-0.2, -0.15) is 0 Å². The fourth-order valence-electron chi connectivity index (χ4n) is 3.07. The number of anilines is 3. The van der Waals surface area contributed by atoms with E-state index in [-0.39, 0.29) is 30.0 Å². The van der Waals surface area contributed by atoms with Gasteiger partial charge < -0.3 is 15.5 Å². The van der Waals surface area contributed by atoms with E-state index in [9.17, 15) is 13.2 Å². The lowest BCUT2D eigenvalue weighted by Gasteiger charge is -2.23. The van der Waals surface area contributed by atoms with Crippen molar-refractivity contribution in [2.75, 3.05) is 35.3 Å². The van der Waals surface area contributed by atoms with Crippen LogP contribution in [0.1, 0.15) is 6.42 Å². The van der Waals surface area contributed by atoms with Gasteiger partial charge in [-0.1, -0.05) is 30.3 Å². The van der Waals surface area contributed by atoms with Crippen LogP contribution in [0.4, 0.5) is 17.1 Å².